The van der Waals surface area contributed by atoms with E-state index in [2.05, 4.69) is 0 Å². The van der Waals surface area contributed by atoms with E-state index in [1.807, 2.05) is 75.5 Å². The number of fused-ring (bicyclic) bond motifs is 1. The number of rotatable bonds is 3. The van der Waals surface area contributed by atoms with E-state index in [9.17, 15) is 4.79 Å². The van der Waals surface area contributed by atoms with Gasteiger partial charge in [-0.3, -0.25) is 4.79 Å². The Bertz CT molecular complexity index is 786. The first-order chi connectivity index (χ1) is 10.6. The van der Waals surface area contributed by atoms with Gasteiger partial charge in [-0.2, -0.15) is 0 Å². The molecule has 0 spiro atoms. The SMILES string of the molecule is Cc1cccc(C(=O)N(C)C(C)c2cc3ccccc3o2)c1. The van der Waals surface area contributed by atoms with Crippen LogP contribution in [0.25, 0.3) is 11.0 Å². The Morgan fingerprint density at radius 1 is 1.09 bits per heavy atom. The molecule has 2 aromatic carbocycles. The second-order valence-electron chi connectivity index (χ2n) is 5.65. The molecule has 1 heterocycles. The molecule has 1 aromatic heterocycles. The van der Waals surface area contributed by atoms with Crippen molar-refractivity contribution in [1.29, 1.82) is 0 Å². The Kier molecular flexibility index (Phi) is 3.72. The van der Waals surface area contributed by atoms with Gasteiger partial charge in [-0.05, 0) is 38.1 Å². The van der Waals surface area contributed by atoms with Crippen molar-refractivity contribution in [2.45, 2.75) is 19.9 Å². The number of nitrogens with zero attached hydrogens (tertiary/aromatic N) is 1. The third-order valence-corrected chi connectivity index (χ3v) is 4.02. The predicted octanol–water partition coefficient (Wildman–Crippen LogP) is 4.57. The van der Waals surface area contributed by atoms with Gasteiger partial charge in [0.05, 0.1) is 6.04 Å². The van der Waals surface area contributed by atoms with E-state index >= 15 is 0 Å². The van der Waals surface area contributed by atoms with Crippen molar-refractivity contribution in [3.8, 4) is 0 Å². The average molecular weight is 293 g/mol. The van der Waals surface area contributed by atoms with Crippen LogP contribution in [0.1, 0.15) is 34.6 Å². The van der Waals surface area contributed by atoms with E-state index < -0.39 is 0 Å². The third-order valence-electron chi connectivity index (χ3n) is 4.02. The highest BCUT2D eigenvalue weighted by Gasteiger charge is 2.21. The number of para-hydroxylation sites is 1. The molecule has 0 saturated carbocycles. The zero-order valence-corrected chi connectivity index (χ0v) is 13.0. The molecule has 0 N–H and O–H groups in total. The van der Waals surface area contributed by atoms with Gasteiger partial charge in [0, 0.05) is 18.0 Å². The molecule has 22 heavy (non-hydrogen) atoms. The van der Waals surface area contributed by atoms with Crippen molar-refractivity contribution in [2.75, 3.05) is 7.05 Å². The van der Waals surface area contributed by atoms with E-state index in [1.165, 1.54) is 0 Å². The zero-order chi connectivity index (χ0) is 15.7. The van der Waals surface area contributed by atoms with E-state index in [4.69, 9.17) is 4.42 Å². The minimum absolute atomic E-state index is 0.00310. The summed E-state index contributed by atoms with van der Waals surface area (Å²) in [5.41, 5.74) is 2.63. The normalized spacial score (nSPS) is 12.3. The fourth-order valence-electron chi connectivity index (χ4n) is 2.56. The van der Waals surface area contributed by atoms with Crippen molar-refractivity contribution >= 4 is 16.9 Å². The summed E-state index contributed by atoms with van der Waals surface area (Å²) in [5.74, 6) is 0.793. The van der Waals surface area contributed by atoms with Crippen LogP contribution in [0.4, 0.5) is 0 Å². The van der Waals surface area contributed by atoms with Gasteiger partial charge in [0.1, 0.15) is 11.3 Å². The van der Waals surface area contributed by atoms with Crippen LogP contribution in [0.5, 0.6) is 0 Å². The number of furan rings is 1. The van der Waals surface area contributed by atoms with E-state index in [0.717, 1.165) is 22.3 Å². The lowest BCUT2D eigenvalue weighted by Crippen LogP contribution is -2.29. The van der Waals surface area contributed by atoms with Crippen molar-refractivity contribution in [3.63, 3.8) is 0 Å². The number of benzene rings is 2. The number of hydrogen-bond acceptors (Lipinski definition) is 2. The molecule has 1 atom stereocenters. The maximum Gasteiger partial charge on any atom is 0.254 e. The van der Waals surface area contributed by atoms with Crippen LogP contribution >= 0.6 is 0 Å². The van der Waals surface area contributed by atoms with Gasteiger partial charge in [0.15, 0.2) is 0 Å². The summed E-state index contributed by atoms with van der Waals surface area (Å²) in [6.07, 6.45) is 0. The van der Waals surface area contributed by atoms with Crippen molar-refractivity contribution in [3.05, 3.63) is 71.5 Å². The Balaban J connectivity index is 1.87. The van der Waals surface area contributed by atoms with Gasteiger partial charge >= 0.3 is 0 Å². The van der Waals surface area contributed by atoms with Crippen LogP contribution in [-0.4, -0.2) is 17.9 Å². The Hall–Kier alpha value is -2.55. The highest BCUT2D eigenvalue weighted by Crippen LogP contribution is 2.27. The van der Waals surface area contributed by atoms with Gasteiger partial charge in [0.2, 0.25) is 0 Å². The highest BCUT2D eigenvalue weighted by atomic mass is 16.3. The molecule has 0 aliphatic carbocycles. The number of hydrogen-bond donors (Lipinski definition) is 0. The molecule has 1 unspecified atom stereocenters. The highest BCUT2D eigenvalue weighted by molar-refractivity contribution is 5.94. The summed E-state index contributed by atoms with van der Waals surface area (Å²) in [5, 5.41) is 1.06. The largest absolute Gasteiger partial charge is 0.459 e. The molecule has 0 saturated heterocycles. The van der Waals surface area contributed by atoms with Crippen molar-refractivity contribution < 1.29 is 9.21 Å². The minimum Gasteiger partial charge on any atom is -0.459 e. The maximum atomic E-state index is 12.6. The van der Waals surface area contributed by atoms with Crippen molar-refractivity contribution in [2.24, 2.45) is 0 Å². The van der Waals surface area contributed by atoms with Crippen LogP contribution in [-0.2, 0) is 0 Å². The maximum absolute atomic E-state index is 12.6. The zero-order valence-electron chi connectivity index (χ0n) is 13.0. The molecule has 0 fully saturated rings. The lowest BCUT2D eigenvalue weighted by atomic mass is 10.1. The van der Waals surface area contributed by atoms with Gasteiger partial charge in [-0.25, -0.2) is 0 Å². The molecule has 0 bridgehead atoms. The molecule has 3 rings (SSSR count). The molecule has 0 aliphatic heterocycles. The molecule has 112 valence electrons. The Morgan fingerprint density at radius 2 is 1.86 bits per heavy atom. The quantitative estimate of drug-likeness (QED) is 0.708. The lowest BCUT2D eigenvalue weighted by Gasteiger charge is -2.23. The fourth-order valence-corrected chi connectivity index (χ4v) is 2.56. The first-order valence-electron chi connectivity index (χ1n) is 7.38. The number of carbonyl (C=O) groups is 1. The molecular formula is C19H19NO2. The van der Waals surface area contributed by atoms with Gasteiger partial charge in [-0.1, -0.05) is 35.9 Å². The lowest BCUT2D eigenvalue weighted by molar-refractivity contribution is 0.0727. The van der Waals surface area contributed by atoms with E-state index in [1.54, 1.807) is 4.90 Å². The summed E-state index contributed by atoms with van der Waals surface area (Å²) in [6.45, 7) is 3.96. The molecule has 3 nitrogen and oxygen atoms in total. The number of carbonyl (C=O) groups excluding carboxylic acids is 1. The standard InChI is InChI=1S/C19H19NO2/c1-13-7-6-9-16(11-13)19(21)20(3)14(2)18-12-15-8-4-5-10-17(15)22-18/h4-12,14H,1-3H3. The topological polar surface area (TPSA) is 33.5 Å². The number of amides is 1. The van der Waals surface area contributed by atoms with Crippen molar-refractivity contribution in [1.82, 2.24) is 4.90 Å². The number of aryl methyl sites for hydroxylation is 1. The van der Waals surface area contributed by atoms with Crippen LogP contribution in [0.3, 0.4) is 0 Å². The van der Waals surface area contributed by atoms with Crippen LogP contribution in [0, 0.1) is 6.92 Å². The molecule has 3 heteroatoms. The van der Waals surface area contributed by atoms with Gasteiger partial charge in [-0.15, -0.1) is 0 Å². The summed E-state index contributed by atoms with van der Waals surface area (Å²) >= 11 is 0. The average Bonchev–Trinajstić information content (AvgIpc) is 2.96. The summed E-state index contributed by atoms with van der Waals surface area (Å²) < 4.78 is 5.87. The predicted molar refractivity (Wildman–Crippen MR) is 87.9 cm³/mol. The molecule has 0 radical (unpaired) electrons. The van der Waals surface area contributed by atoms with Crippen LogP contribution in [0.2, 0.25) is 0 Å². The van der Waals surface area contributed by atoms with Crippen LogP contribution < -0.4 is 0 Å². The molecule has 0 aliphatic rings. The minimum atomic E-state index is -0.125. The van der Waals surface area contributed by atoms with Crippen LogP contribution in [0.15, 0.2) is 59.0 Å². The van der Waals surface area contributed by atoms with Gasteiger partial charge in [0.25, 0.3) is 5.91 Å². The van der Waals surface area contributed by atoms with Gasteiger partial charge < -0.3 is 9.32 Å². The third kappa shape index (κ3) is 2.62. The van der Waals surface area contributed by atoms with E-state index in [0.29, 0.717) is 5.56 Å². The molecular weight excluding hydrogens is 274 g/mol. The monoisotopic (exact) mass is 293 g/mol. The summed E-state index contributed by atoms with van der Waals surface area (Å²) in [7, 11) is 1.81. The summed E-state index contributed by atoms with van der Waals surface area (Å²) in [6, 6.07) is 17.4. The summed E-state index contributed by atoms with van der Waals surface area (Å²) in [4.78, 5) is 14.3. The molecule has 1 amide bonds. The molecule has 3 aromatic rings. The second-order valence-corrected chi connectivity index (χ2v) is 5.65. The Labute approximate surface area is 130 Å². The Morgan fingerprint density at radius 3 is 2.59 bits per heavy atom. The first-order valence-corrected chi connectivity index (χ1v) is 7.38. The first kappa shape index (κ1) is 14.4. The second kappa shape index (κ2) is 5.68. The smallest absolute Gasteiger partial charge is 0.254 e. The fraction of sp³-hybridized carbons (Fsp3) is 0.211. The van der Waals surface area contributed by atoms with E-state index in [-0.39, 0.29) is 11.9 Å².